The molecule has 1 rings (SSSR count). The fourth-order valence-electron chi connectivity index (χ4n) is 1.36. The average Bonchev–Trinajstić information content (AvgIpc) is 2.67. The third-order valence-electron chi connectivity index (χ3n) is 2.51. The smallest absolute Gasteiger partial charge is 0.268 e. The van der Waals surface area contributed by atoms with E-state index in [1.54, 1.807) is 14.0 Å². The number of aliphatic hydroxyl groups excluding tert-OH is 1. The summed E-state index contributed by atoms with van der Waals surface area (Å²) >= 11 is 0. The molecule has 0 bridgehead atoms. The van der Waals surface area contributed by atoms with Crippen molar-refractivity contribution >= 4 is 15.9 Å². The van der Waals surface area contributed by atoms with Crippen molar-refractivity contribution in [1.82, 2.24) is 9.88 Å². The Morgan fingerprint density at radius 2 is 2.22 bits per heavy atom. The molecule has 0 saturated heterocycles. The summed E-state index contributed by atoms with van der Waals surface area (Å²) in [5.41, 5.74) is 0.169. The molecule has 0 spiro atoms. The van der Waals surface area contributed by atoms with Crippen LogP contribution in [0.3, 0.4) is 0 Å². The fraction of sp³-hybridized carbons (Fsp3) is 0.500. The first kappa shape index (κ1) is 14.7. The van der Waals surface area contributed by atoms with Gasteiger partial charge in [0.1, 0.15) is 10.6 Å². The molecule has 1 unspecified atom stereocenters. The summed E-state index contributed by atoms with van der Waals surface area (Å²) in [5, 5.41) is 16.8. The Labute approximate surface area is 106 Å². The second-order valence-corrected chi connectivity index (χ2v) is 5.55. The van der Waals surface area contributed by atoms with Gasteiger partial charge in [-0.15, -0.1) is 0 Å². The number of nitrogens with zero attached hydrogens (tertiary/aromatic N) is 1. The Hall–Kier alpha value is -1.38. The molecular weight excluding hydrogens is 258 g/mol. The van der Waals surface area contributed by atoms with Crippen LogP contribution in [0.15, 0.2) is 17.2 Å². The first-order valence-corrected chi connectivity index (χ1v) is 6.95. The molecule has 0 aromatic carbocycles. The molecule has 18 heavy (non-hydrogen) atoms. The van der Waals surface area contributed by atoms with E-state index in [0.29, 0.717) is 6.42 Å². The minimum atomic E-state index is -3.82. The maximum absolute atomic E-state index is 11.7. The molecular formula is C10H17N3O4S. The number of aromatic nitrogens is 1. The molecule has 0 aliphatic rings. The molecule has 0 aliphatic carbocycles. The van der Waals surface area contributed by atoms with Crippen molar-refractivity contribution in [3.8, 4) is 0 Å². The van der Waals surface area contributed by atoms with Crippen molar-refractivity contribution in [2.45, 2.75) is 24.3 Å². The first-order chi connectivity index (χ1) is 8.25. The van der Waals surface area contributed by atoms with Crippen LogP contribution < -0.4 is 10.5 Å². The van der Waals surface area contributed by atoms with E-state index in [4.69, 9.17) is 5.14 Å². The minimum Gasteiger partial charge on any atom is -0.391 e. The van der Waals surface area contributed by atoms with E-state index in [9.17, 15) is 18.3 Å². The average molecular weight is 275 g/mol. The van der Waals surface area contributed by atoms with Gasteiger partial charge < -0.3 is 15.0 Å². The number of aliphatic hydroxyl groups is 1. The van der Waals surface area contributed by atoms with Crippen LogP contribution in [-0.2, 0) is 17.1 Å². The van der Waals surface area contributed by atoms with Crippen LogP contribution >= 0.6 is 0 Å². The van der Waals surface area contributed by atoms with Crippen LogP contribution in [0.5, 0.6) is 0 Å². The topological polar surface area (TPSA) is 114 Å². The molecule has 0 fully saturated rings. The highest BCUT2D eigenvalue weighted by Crippen LogP contribution is 2.11. The van der Waals surface area contributed by atoms with Gasteiger partial charge in [-0.25, -0.2) is 13.6 Å². The molecule has 0 saturated carbocycles. The Morgan fingerprint density at radius 1 is 1.61 bits per heavy atom. The van der Waals surface area contributed by atoms with E-state index in [1.807, 2.05) is 0 Å². The number of hydrogen-bond acceptors (Lipinski definition) is 4. The monoisotopic (exact) mass is 275 g/mol. The number of nitrogens with one attached hydrogen (secondary N) is 1. The molecule has 1 atom stereocenters. The van der Waals surface area contributed by atoms with E-state index in [0.717, 1.165) is 0 Å². The number of aryl methyl sites for hydroxylation is 1. The Bertz CT molecular complexity index is 535. The summed E-state index contributed by atoms with van der Waals surface area (Å²) in [7, 11) is -2.28. The summed E-state index contributed by atoms with van der Waals surface area (Å²) in [6.07, 6.45) is 1.17. The number of primary sulfonamides is 1. The maximum atomic E-state index is 11.7. The molecule has 4 N–H and O–H groups in total. The number of rotatable bonds is 5. The zero-order valence-electron chi connectivity index (χ0n) is 10.3. The van der Waals surface area contributed by atoms with Crippen LogP contribution in [0.2, 0.25) is 0 Å². The predicted octanol–water partition coefficient (Wildman–Crippen LogP) is -0.827. The first-order valence-electron chi connectivity index (χ1n) is 5.41. The van der Waals surface area contributed by atoms with Gasteiger partial charge in [0.2, 0.25) is 10.0 Å². The normalized spacial score (nSPS) is 13.3. The number of carbonyl (C=O) groups is 1. The van der Waals surface area contributed by atoms with E-state index in [2.05, 4.69) is 5.32 Å². The van der Waals surface area contributed by atoms with Crippen molar-refractivity contribution in [3.05, 3.63) is 18.0 Å². The van der Waals surface area contributed by atoms with Gasteiger partial charge in [-0.05, 0) is 12.5 Å². The summed E-state index contributed by atoms with van der Waals surface area (Å²) in [6.45, 7) is 1.91. The van der Waals surface area contributed by atoms with E-state index >= 15 is 0 Å². The summed E-state index contributed by atoms with van der Waals surface area (Å²) < 4.78 is 23.6. The highest BCUT2D eigenvalue weighted by atomic mass is 32.2. The lowest BCUT2D eigenvalue weighted by atomic mass is 10.3. The third kappa shape index (κ3) is 3.56. The number of nitrogens with two attached hydrogens (primary N) is 1. The minimum absolute atomic E-state index is 0.116. The zero-order valence-corrected chi connectivity index (χ0v) is 11.1. The van der Waals surface area contributed by atoms with Crippen molar-refractivity contribution in [2.24, 2.45) is 12.2 Å². The summed E-state index contributed by atoms with van der Waals surface area (Å²) in [4.78, 5) is 11.6. The SMILES string of the molecule is CCC(O)CNC(=O)c1cc(S(N)(=O)=O)cn1C. The molecule has 1 heterocycles. The Morgan fingerprint density at radius 3 is 2.67 bits per heavy atom. The number of carbonyl (C=O) groups excluding carboxylic acids is 1. The second-order valence-electron chi connectivity index (χ2n) is 3.99. The molecule has 1 aromatic heterocycles. The van der Waals surface area contributed by atoms with E-state index < -0.39 is 22.0 Å². The molecule has 0 aliphatic heterocycles. The molecule has 102 valence electrons. The Kier molecular flexibility index (Phi) is 4.49. The highest BCUT2D eigenvalue weighted by Gasteiger charge is 2.17. The van der Waals surface area contributed by atoms with Gasteiger partial charge >= 0.3 is 0 Å². The van der Waals surface area contributed by atoms with Crippen LogP contribution in [0.1, 0.15) is 23.8 Å². The maximum Gasteiger partial charge on any atom is 0.268 e. The lowest BCUT2D eigenvalue weighted by molar-refractivity contribution is 0.0906. The third-order valence-corrected chi connectivity index (χ3v) is 3.39. The summed E-state index contributed by atoms with van der Waals surface area (Å²) in [5.74, 6) is -0.458. The van der Waals surface area contributed by atoms with Gasteiger partial charge in [0.25, 0.3) is 5.91 Å². The largest absolute Gasteiger partial charge is 0.391 e. The summed E-state index contributed by atoms with van der Waals surface area (Å²) in [6, 6.07) is 1.20. The molecule has 8 heteroatoms. The lowest BCUT2D eigenvalue weighted by Crippen LogP contribution is -2.32. The van der Waals surface area contributed by atoms with Crippen LogP contribution in [0.25, 0.3) is 0 Å². The number of sulfonamides is 1. The van der Waals surface area contributed by atoms with Gasteiger partial charge in [0.05, 0.1) is 6.10 Å². The van der Waals surface area contributed by atoms with Crippen molar-refractivity contribution in [1.29, 1.82) is 0 Å². The quantitative estimate of drug-likeness (QED) is 0.650. The van der Waals surface area contributed by atoms with Crippen LogP contribution in [0, 0.1) is 0 Å². The van der Waals surface area contributed by atoms with Crippen LogP contribution in [0.4, 0.5) is 0 Å². The molecule has 0 radical (unpaired) electrons. The second kappa shape index (κ2) is 5.51. The number of hydrogen-bond donors (Lipinski definition) is 3. The van der Waals surface area contributed by atoms with Gasteiger partial charge in [-0.1, -0.05) is 6.92 Å². The fourth-order valence-corrected chi connectivity index (χ4v) is 1.94. The van der Waals surface area contributed by atoms with E-state index in [-0.39, 0.29) is 17.1 Å². The van der Waals surface area contributed by atoms with Gasteiger partial charge in [0.15, 0.2) is 0 Å². The van der Waals surface area contributed by atoms with Crippen molar-refractivity contribution < 1.29 is 18.3 Å². The molecule has 7 nitrogen and oxygen atoms in total. The van der Waals surface area contributed by atoms with Crippen LogP contribution in [-0.4, -0.2) is 36.6 Å². The number of amides is 1. The van der Waals surface area contributed by atoms with Crippen molar-refractivity contribution in [3.63, 3.8) is 0 Å². The molecule has 1 amide bonds. The van der Waals surface area contributed by atoms with Gasteiger partial charge in [-0.2, -0.15) is 0 Å². The molecule has 1 aromatic rings. The highest BCUT2D eigenvalue weighted by molar-refractivity contribution is 7.89. The van der Waals surface area contributed by atoms with E-state index in [1.165, 1.54) is 16.8 Å². The standard InChI is InChI=1S/C10H17N3O4S/c1-3-7(14)5-12-10(15)9-4-8(6-13(9)2)18(11,16)17/h4,6-7,14H,3,5H2,1-2H3,(H,12,15)(H2,11,16,17). The van der Waals surface area contributed by atoms with Gasteiger partial charge in [-0.3, -0.25) is 4.79 Å². The van der Waals surface area contributed by atoms with Gasteiger partial charge in [0, 0.05) is 19.8 Å². The zero-order chi connectivity index (χ0) is 13.9. The van der Waals surface area contributed by atoms with Crippen molar-refractivity contribution in [2.75, 3.05) is 6.54 Å². The predicted molar refractivity (Wildman–Crippen MR) is 65.4 cm³/mol. The Balaban J connectivity index is 2.84. The lowest BCUT2D eigenvalue weighted by Gasteiger charge is -2.09.